The highest BCUT2D eigenvalue weighted by Gasteiger charge is 2.26. The summed E-state index contributed by atoms with van der Waals surface area (Å²) in [6.07, 6.45) is -4.28. The maximum Gasteiger partial charge on any atom is 0.401 e. The zero-order valence-corrected chi connectivity index (χ0v) is 9.12. The molecule has 0 aliphatic carbocycles. The number of hydrogen-bond acceptors (Lipinski definition) is 1. The predicted octanol–water partition coefficient (Wildman–Crippen LogP) is 3.24. The Bertz CT molecular complexity index is 337. The number of benzene rings is 1. The Balaban J connectivity index is 2.55. The summed E-state index contributed by atoms with van der Waals surface area (Å²) in [5.41, 5.74) is 0.202. The van der Waals surface area contributed by atoms with E-state index >= 15 is 0 Å². The summed E-state index contributed by atoms with van der Waals surface area (Å²) >= 11 is 2.95. The van der Waals surface area contributed by atoms with Crippen molar-refractivity contribution in [3.8, 4) is 0 Å². The molecule has 1 rings (SSSR count). The van der Waals surface area contributed by atoms with Crippen LogP contribution in [0, 0.1) is 5.82 Å². The Labute approximate surface area is 92.6 Å². The molecule has 0 bridgehead atoms. The second kappa shape index (κ2) is 4.94. The fourth-order valence-electron chi connectivity index (χ4n) is 1.02. The van der Waals surface area contributed by atoms with Crippen LogP contribution in [0.2, 0.25) is 0 Å². The van der Waals surface area contributed by atoms with Gasteiger partial charge in [-0.05, 0) is 22.0 Å². The normalized spacial score (nSPS) is 11.8. The molecule has 6 heteroatoms. The molecule has 0 aromatic heterocycles. The Morgan fingerprint density at radius 2 is 1.93 bits per heavy atom. The van der Waals surface area contributed by atoms with E-state index < -0.39 is 18.5 Å². The molecule has 0 heterocycles. The second-order valence-corrected chi connectivity index (χ2v) is 3.79. The lowest BCUT2D eigenvalue weighted by molar-refractivity contribution is -0.125. The summed E-state index contributed by atoms with van der Waals surface area (Å²) < 4.78 is 48.8. The number of hydrogen-bond donors (Lipinski definition) is 1. The molecule has 0 saturated heterocycles. The van der Waals surface area contributed by atoms with Crippen LogP contribution < -0.4 is 5.32 Å². The standard InChI is InChI=1S/C9H8BrF4N/c10-7-3-1-2-6(8(7)11)4-15-5-9(12,13)14/h1-3,15H,4-5H2. The molecule has 0 atom stereocenters. The summed E-state index contributed by atoms with van der Waals surface area (Å²) in [5, 5.41) is 2.12. The van der Waals surface area contributed by atoms with E-state index in [1.54, 1.807) is 6.07 Å². The molecule has 1 N–H and O–H groups in total. The molecule has 84 valence electrons. The summed E-state index contributed by atoms with van der Waals surface area (Å²) in [6.45, 7) is -1.27. The molecule has 0 unspecified atom stereocenters. The van der Waals surface area contributed by atoms with E-state index in [0.29, 0.717) is 0 Å². The first-order valence-electron chi connectivity index (χ1n) is 4.10. The lowest BCUT2D eigenvalue weighted by atomic mass is 10.2. The van der Waals surface area contributed by atoms with Crippen molar-refractivity contribution >= 4 is 15.9 Å². The molecule has 0 aliphatic rings. The van der Waals surface area contributed by atoms with Crippen LogP contribution in [0.15, 0.2) is 22.7 Å². The van der Waals surface area contributed by atoms with Crippen LogP contribution in [-0.2, 0) is 6.54 Å². The van der Waals surface area contributed by atoms with E-state index in [-0.39, 0.29) is 16.6 Å². The average molecular weight is 286 g/mol. The molecule has 15 heavy (non-hydrogen) atoms. The molecule has 0 aliphatic heterocycles. The number of rotatable bonds is 3. The lowest BCUT2D eigenvalue weighted by Crippen LogP contribution is -2.28. The van der Waals surface area contributed by atoms with Crippen molar-refractivity contribution in [2.45, 2.75) is 12.7 Å². The van der Waals surface area contributed by atoms with Crippen LogP contribution in [0.3, 0.4) is 0 Å². The molecule has 1 nitrogen and oxygen atoms in total. The molecule has 1 aromatic carbocycles. The molecule has 1 aromatic rings. The van der Waals surface area contributed by atoms with Crippen molar-refractivity contribution in [1.29, 1.82) is 0 Å². The van der Waals surface area contributed by atoms with Gasteiger partial charge in [0, 0.05) is 12.1 Å². The van der Waals surface area contributed by atoms with Crippen LogP contribution in [-0.4, -0.2) is 12.7 Å². The molecular formula is C9H8BrF4N. The van der Waals surface area contributed by atoms with Crippen molar-refractivity contribution in [3.05, 3.63) is 34.1 Å². The van der Waals surface area contributed by atoms with Gasteiger partial charge in [0.05, 0.1) is 11.0 Å². The number of nitrogens with one attached hydrogen (secondary N) is 1. The third-order valence-corrected chi connectivity index (χ3v) is 2.28. The quantitative estimate of drug-likeness (QED) is 0.841. The van der Waals surface area contributed by atoms with E-state index in [4.69, 9.17) is 0 Å². The van der Waals surface area contributed by atoms with Crippen LogP contribution in [0.1, 0.15) is 5.56 Å². The van der Waals surface area contributed by atoms with Gasteiger partial charge in [0.15, 0.2) is 0 Å². The molecule has 0 fully saturated rings. The fourth-order valence-corrected chi connectivity index (χ4v) is 1.43. The van der Waals surface area contributed by atoms with E-state index in [1.807, 2.05) is 0 Å². The molecule has 0 saturated carbocycles. The molecule has 0 amide bonds. The van der Waals surface area contributed by atoms with Crippen LogP contribution in [0.25, 0.3) is 0 Å². The Morgan fingerprint density at radius 1 is 1.27 bits per heavy atom. The second-order valence-electron chi connectivity index (χ2n) is 2.93. The van der Waals surface area contributed by atoms with Gasteiger partial charge in [0.25, 0.3) is 0 Å². The maximum atomic E-state index is 13.3. The summed E-state index contributed by atoms with van der Waals surface area (Å²) in [5.74, 6) is -0.535. The average Bonchev–Trinajstić information content (AvgIpc) is 2.10. The minimum absolute atomic E-state index is 0.148. The summed E-state index contributed by atoms with van der Waals surface area (Å²) in [6, 6.07) is 4.49. The zero-order valence-electron chi connectivity index (χ0n) is 7.54. The van der Waals surface area contributed by atoms with Gasteiger partial charge in [-0.3, -0.25) is 0 Å². The van der Waals surface area contributed by atoms with Crippen molar-refractivity contribution in [3.63, 3.8) is 0 Å². The molecule has 0 radical (unpaired) electrons. The van der Waals surface area contributed by atoms with E-state index in [1.165, 1.54) is 12.1 Å². The largest absolute Gasteiger partial charge is 0.401 e. The maximum absolute atomic E-state index is 13.3. The Kier molecular flexibility index (Phi) is 4.10. The zero-order chi connectivity index (χ0) is 11.5. The lowest BCUT2D eigenvalue weighted by Gasteiger charge is -2.09. The van der Waals surface area contributed by atoms with Gasteiger partial charge in [0.1, 0.15) is 5.82 Å². The van der Waals surface area contributed by atoms with Crippen molar-refractivity contribution in [2.24, 2.45) is 0 Å². The van der Waals surface area contributed by atoms with E-state index in [9.17, 15) is 17.6 Å². The van der Waals surface area contributed by atoms with E-state index in [0.717, 1.165) is 0 Å². The van der Waals surface area contributed by atoms with Gasteiger partial charge in [-0.2, -0.15) is 13.2 Å². The Hall–Kier alpha value is -0.620. The van der Waals surface area contributed by atoms with E-state index in [2.05, 4.69) is 21.2 Å². The highest BCUT2D eigenvalue weighted by molar-refractivity contribution is 9.10. The minimum Gasteiger partial charge on any atom is -0.304 e. The smallest absolute Gasteiger partial charge is 0.304 e. The summed E-state index contributed by atoms with van der Waals surface area (Å²) in [4.78, 5) is 0. The number of alkyl halides is 3. The highest BCUT2D eigenvalue weighted by atomic mass is 79.9. The third kappa shape index (κ3) is 4.17. The number of halogens is 5. The van der Waals surface area contributed by atoms with Crippen LogP contribution in [0.5, 0.6) is 0 Å². The van der Waals surface area contributed by atoms with Crippen molar-refractivity contribution in [2.75, 3.05) is 6.54 Å². The van der Waals surface area contributed by atoms with Gasteiger partial charge in [-0.25, -0.2) is 4.39 Å². The minimum atomic E-state index is -4.28. The topological polar surface area (TPSA) is 12.0 Å². The first kappa shape index (κ1) is 12.4. The van der Waals surface area contributed by atoms with Gasteiger partial charge >= 0.3 is 6.18 Å². The van der Waals surface area contributed by atoms with Gasteiger partial charge in [-0.15, -0.1) is 0 Å². The van der Waals surface area contributed by atoms with Crippen molar-refractivity contribution in [1.82, 2.24) is 5.32 Å². The fraction of sp³-hybridized carbons (Fsp3) is 0.333. The summed E-state index contributed by atoms with van der Waals surface area (Å²) in [7, 11) is 0. The molecular weight excluding hydrogens is 278 g/mol. The third-order valence-electron chi connectivity index (χ3n) is 1.67. The highest BCUT2D eigenvalue weighted by Crippen LogP contribution is 2.19. The Morgan fingerprint density at radius 3 is 2.53 bits per heavy atom. The molecule has 0 spiro atoms. The van der Waals surface area contributed by atoms with Crippen LogP contribution in [0.4, 0.5) is 17.6 Å². The van der Waals surface area contributed by atoms with Gasteiger partial charge < -0.3 is 5.32 Å². The van der Waals surface area contributed by atoms with Gasteiger partial charge in [0.2, 0.25) is 0 Å². The first-order valence-corrected chi connectivity index (χ1v) is 4.90. The predicted molar refractivity (Wildman–Crippen MR) is 51.9 cm³/mol. The first-order chi connectivity index (χ1) is 6.90. The van der Waals surface area contributed by atoms with Gasteiger partial charge in [-0.1, -0.05) is 12.1 Å². The van der Waals surface area contributed by atoms with Crippen LogP contribution >= 0.6 is 15.9 Å². The SMILES string of the molecule is Fc1c(Br)cccc1CNCC(F)(F)F. The monoisotopic (exact) mass is 285 g/mol. The van der Waals surface area contributed by atoms with Crippen molar-refractivity contribution < 1.29 is 17.6 Å².